The number of aromatic nitrogens is 3. The molecule has 7 heteroatoms. The summed E-state index contributed by atoms with van der Waals surface area (Å²) in [6.07, 6.45) is 0. The smallest absolute Gasteiger partial charge is 0.319 e. The van der Waals surface area contributed by atoms with Crippen molar-refractivity contribution in [2.45, 2.75) is 26.8 Å². The van der Waals surface area contributed by atoms with Crippen molar-refractivity contribution < 1.29 is 9.21 Å². The van der Waals surface area contributed by atoms with Crippen molar-refractivity contribution in [3.63, 3.8) is 0 Å². The Bertz CT molecular complexity index is 820. The molecule has 1 aromatic carbocycles. The van der Waals surface area contributed by atoms with Crippen molar-refractivity contribution in [2.75, 3.05) is 5.32 Å². The number of H-pyrrole nitrogens is 1. The van der Waals surface area contributed by atoms with E-state index in [4.69, 9.17) is 4.42 Å². The summed E-state index contributed by atoms with van der Waals surface area (Å²) < 4.78 is 5.29. The number of carbonyl (C=O) groups excluding carboxylic acids is 1. The maximum absolute atomic E-state index is 12.0. The van der Waals surface area contributed by atoms with Crippen LogP contribution in [0.5, 0.6) is 0 Å². The first kappa shape index (κ1) is 14.1. The zero-order valence-electron chi connectivity index (χ0n) is 12.6. The van der Waals surface area contributed by atoms with Crippen LogP contribution in [0.1, 0.15) is 30.4 Å². The van der Waals surface area contributed by atoms with E-state index in [0.717, 1.165) is 22.3 Å². The van der Waals surface area contributed by atoms with Gasteiger partial charge in [0.1, 0.15) is 6.04 Å². The predicted octanol–water partition coefficient (Wildman–Crippen LogP) is 3.05. The van der Waals surface area contributed by atoms with Crippen LogP contribution in [0.15, 0.2) is 28.7 Å². The monoisotopic (exact) mass is 299 g/mol. The van der Waals surface area contributed by atoms with Crippen LogP contribution in [-0.4, -0.2) is 21.2 Å². The Morgan fingerprint density at radius 2 is 2.09 bits per heavy atom. The first-order chi connectivity index (χ1) is 10.5. The molecule has 0 spiro atoms. The summed E-state index contributed by atoms with van der Waals surface area (Å²) in [6, 6.07) is 7.04. The first-order valence-electron chi connectivity index (χ1n) is 6.98. The third-order valence-electron chi connectivity index (χ3n) is 3.27. The normalized spacial score (nSPS) is 12.3. The minimum absolute atomic E-state index is 0.324. The molecule has 2 amide bonds. The number of hydrogen-bond acceptors (Lipinski definition) is 4. The van der Waals surface area contributed by atoms with Gasteiger partial charge in [-0.3, -0.25) is 0 Å². The van der Waals surface area contributed by atoms with Crippen LogP contribution in [-0.2, 0) is 0 Å². The number of aryl methyl sites for hydroxylation is 2. The minimum atomic E-state index is -0.362. The van der Waals surface area contributed by atoms with Crippen LogP contribution in [0, 0.1) is 13.8 Å². The minimum Gasteiger partial charge on any atom is -0.423 e. The van der Waals surface area contributed by atoms with Crippen molar-refractivity contribution in [3.05, 3.63) is 41.7 Å². The molecule has 1 unspecified atom stereocenters. The number of rotatable bonds is 3. The molecule has 0 aliphatic heterocycles. The third-order valence-corrected chi connectivity index (χ3v) is 3.27. The summed E-state index contributed by atoms with van der Waals surface area (Å²) in [7, 11) is 0. The molecule has 0 saturated heterocycles. The molecule has 114 valence electrons. The molecule has 3 rings (SSSR count). The van der Waals surface area contributed by atoms with Crippen molar-refractivity contribution in [2.24, 2.45) is 0 Å². The van der Waals surface area contributed by atoms with Crippen LogP contribution < -0.4 is 10.6 Å². The molecule has 3 aromatic rings. The predicted molar refractivity (Wildman–Crippen MR) is 82.6 cm³/mol. The SMILES string of the molecule is Cc1cc2cc(NC(=O)NC(C)c3nnc(C)o3)ccc2[nH]1. The van der Waals surface area contributed by atoms with E-state index in [0.29, 0.717) is 11.8 Å². The summed E-state index contributed by atoms with van der Waals surface area (Å²) in [4.78, 5) is 15.3. The first-order valence-corrected chi connectivity index (χ1v) is 6.98. The molecule has 0 saturated carbocycles. The van der Waals surface area contributed by atoms with Gasteiger partial charge in [-0.1, -0.05) is 0 Å². The molecule has 22 heavy (non-hydrogen) atoms. The lowest BCUT2D eigenvalue weighted by molar-refractivity contribution is 0.247. The second kappa shape index (κ2) is 5.51. The molecule has 0 radical (unpaired) electrons. The highest BCUT2D eigenvalue weighted by atomic mass is 16.4. The van der Waals surface area contributed by atoms with Crippen molar-refractivity contribution in [1.29, 1.82) is 0 Å². The van der Waals surface area contributed by atoms with Gasteiger partial charge in [0.05, 0.1) is 0 Å². The second-order valence-electron chi connectivity index (χ2n) is 5.23. The van der Waals surface area contributed by atoms with E-state index < -0.39 is 0 Å². The molecule has 2 aromatic heterocycles. The van der Waals surface area contributed by atoms with Crippen LogP contribution in [0.2, 0.25) is 0 Å². The average Bonchev–Trinajstić information content (AvgIpc) is 3.03. The highest BCUT2D eigenvalue weighted by Gasteiger charge is 2.15. The Kier molecular flexibility index (Phi) is 3.54. The van der Waals surface area contributed by atoms with Gasteiger partial charge in [-0.05, 0) is 38.1 Å². The molecular formula is C15H17N5O2. The van der Waals surface area contributed by atoms with Gasteiger partial charge in [0.25, 0.3) is 0 Å². The Balaban J connectivity index is 1.67. The van der Waals surface area contributed by atoms with Gasteiger partial charge in [-0.25, -0.2) is 4.79 Å². The molecular weight excluding hydrogens is 282 g/mol. The summed E-state index contributed by atoms with van der Waals surface area (Å²) in [6.45, 7) is 5.48. The van der Waals surface area contributed by atoms with Gasteiger partial charge in [0.15, 0.2) is 0 Å². The summed E-state index contributed by atoms with van der Waals surface area (Å²) in [5, 5.41) is 14.2. The third kappa shape index (κ3) is 2.93. The van der Waals surface area contributed by atoms with E-state index >= 15 is 0 Å². The molecule has 2 heterocycles. The number of urea groups is 1. The molecule has 0 fully saturated rings. The van der Waals surface area contributed by atoms with Gasteiger partial charge in [-0.15, -0.1) is 10.2 Å². The Morgan fingerprint density at radius 3 is 2.82 bits per heavy atom. The van der Waals surface area contributed by atoms with Crippen molar-refractivity contribution in [1.82, 2.24) is 20.5 Å². The fourth-order valence-corrected chi connectivity index (χ4v) is 2.27. The maximum Gasteiger partial charge on any atom is 0.319 e. The number of fused-ring (bicyclic) bond motifs is 1. The van der Waals surface area contributed by atoms with E-state index in [1.807, 2.05) is 31.2 Å². The van der Waals surface area contributed by atoms with E-state index in [2.05, 4.69) is 25.8 Å². The zero-order valence-corrected chi connectivity index (χ0v) is 12.6. The standard InChI is InChI=1S/C15H17N5O2/c1-8-6-11-7-12(4-5-13(11)16-8)18-15(21)17-9(2)14-20-19-10(3)22-14/h4-7,9,16H,1-3H3,(H2,17,18,21). The van der Waals surface area contributed by atoms with Crippen LogP contribution in [0.4, 0.5) is 10.5 Å². The fourth-order valence-electron chi connectivity index (χ4n) is 2.27. The number of benzene rings is 1. The molecule has 0 aliphatic carbocycles. The van der Waals surface area contributed by atoms with Gasteiger partial charge in [0.2, 0.25) is 11.8 Å². The van der Waals surface area contributed by atoms with E-state index in [-0.39, 0.29) is 12.1 Å². The van der Waals surface area contributed by atoms with Crippen LogP contribution in [0.25, 0.3) is 10.9 Å². The van der Waals surface area contributed by atoms with Gasteiger partial charge in [-0.2, -0.15) is 0 Å². The Labute approximate surface area is 127 Å². The summed E-state index contributed by atoms with van der Waals surface area (Å²) in [5.74, 6) is 0.849. The van der Waals surface area contributed by atoms with Crippen LogP contribution >= 0.6 is 0 Å². The molecule has 0 bridgehead atoms. The van der Waals surface area contributed by atoms with Crippen LogP contribution in [0.3, 0.4) is 0 Å². The molecule has 0 aliphatic rings. The van der Waals surface area contributed by atoms with Crippen molar-refractivity contribution in [3.8, 4) is 0 Å². The molecule has 7 nitrogen and oxygen atoms in total. The largest absolute Gasteiger partial charge is 0.423 e. The number of anilines is 1. The second-order valence-corrected chi connectivity index (χ2v) is 5.23. The molecule has 1 atom stereocenters. The Hall–Kier alpha value is -2.83. The van der Waals surface area contributed by atoms with E-state index in [1.165, 1.54) is 0 Å². The quantitative estimate of drug-likeness (QED) is 0.692. The van der Waals surface area contributed by atoms with Gasteiger partial charge < -0.3 is 20.0 Å². The van der Waals surface area contributed by atoms with E-state index in [9.17, 15) is 4.79 Å². The zero-order chi connectivity index (χ0) is 15.7. The number of aromatic amines is 1. The number of hydrogen-bond donors (Lipinski definition) is 3. The highest BCUT2D eigenvalue weighted by Crippen LogP contribution is 2.20. The average molecular weight is 299 g/mol. The Morgan fingerprint density at radius 1 is 1.27 bits per heavy atom. The lowest BCUT2D eigenvalue weighted by atomic mass is 10.2. The van der Waals surface area contributed by atoms with Gasteiger partial charge >= 0.3 is 6.03 Å². The number of nitrogens with one attached hydrogen (secondary N) is 3. The number of nitrogens with zero attached hydrogens (tertiary/aromatic N) is 2. The van der Waals surface area contributed by atoms with Gasteiger partial charge in [0, 0.05) is 29.2 Å². The fraction of sp³-hybridized carbons (Fsp3) is 0.267. The summed E-state index contributed by atoms with van der Waals surface area (Å²) in [5.41, 5.74) is 2.84. The van der Waals surface area contributed by atoms with E-state index in [1.54, 1.807) is 13.8 Å². The number of carbonyl (C=O) groups is 1. The lowest BCUT2D eigenvalue weighted by Crippen LogP contribution is -2.31. The highest BCUT2D eigenvalue weighted by molar-refractivity contribution is 5.93. The lowest BCUT2D eigenvalue weighted by Gasteiger charge is -2.11. The maximum atomic E-state index is 12.0. The van der Waals surface area contributed by atoms with Crippen molar-refractivity contribution >= 4 is 22.6 Å². The topological polar surface area (TPSA) is 95.8 Å². The summed E-state index contributed by atoms with van der Waals surface area (Å²) >= 11 is 0. The molecule has 3 N–H and O–H groups in total. The number of amides is 2.